The van der Waals surface area contributed by atoms with E-state index in [9.17, 15) is 9.90 Å². The fourth-order valence-corrected chi connectivity index (χ4v) is 3.82. The van der Waals surface area contributed by atoms with E-state index in [-0.39, 0.29) is 17.9 Å². The summed E-state index contributed by atoms with van der Waals surface area (Å²) in [6, 6.07) is -0.184. The summed E-state index contributed by atoms with van der Waals surface area (Å²) in [5.74, 6) is 5.71. The molecule has 0 aromatic heterocycles. The molecule has 2 rings (SSSR count). The maximum absolute atomic E-state index is 12.0. The van der Waals surface area contributed by atoms with Crippen molar-refractivity contribution in [3.63, 3.8) is 0 Å². The Balaban J connectivity index is 2.08. The van der Waals surface area contributed by atoms with Crippen LogP contribution in [0.4, 0.5) is 0 Å². The lowest BCUT2D eigenvalue weighted by Gasteiger charge is -2.49. The van der Waals surface area contributed by atoms with Crippen molar-refractivity contribution in [2.45, 2.75) is 57.6 Å². The quantitative estimate of drug-likeness (QED) is 0.399. The highest BCUT2D eigenvalue weighted by Gasteiger charge is 2.45. The summed E-state index contributed by atoms with van der Waals surface area (Å²) in [6.45, 7) is 5.68. The molecule has 19 heavy (non-hydrogen) atoms. The van der Waals surface area contributed by atoms with Crippen LogP contribution in [0.5, 0.6) is 0 Å². The fraction of sp³-hybridized carbons (Fsp3) is 0.929. The molecule has 3 atom stereocenters. The number of amides is 1. The molecule has 0 spiro atoms. The van der Waals surface area contributed by atoms with Crippen LogP contribution in [0, 0.1) is 11.8 Å². The molecule has 1 saturated heterocycles. The van der Waals surface area contributed by atoms with Crippen molar-refractivity contribution in [2.75, 3.05) is 13.1 Å². The molecule has 110 valence electrons. The lowest BCUT2D eigenvalue weighted by molar-refractivity contribution is -0.137. The van der Waals surface area contributed by atoms with E-state index in [1.807, 2.05) is 13.8 Å². The lowest BCUT2D eigenvalue weighted by atomic mass is 9.71. The minimum Gasteiger partial charge on any atom is -0.390 e. The van der Waals surface area contributed by atoms with Crippen LogP contribution in [0.1, 0.15) is 46.0 Å². The van der Waals surface area contributed by atoms with Gasteiger partial charge in [0.15, 0.2) is 0 Å². The van der Waals surface area contributed by atoms with Crippen LogP contribution >= 0.6 is 0 Å². The Hall–Kier alpha value is -0.650. The van der Waals surface area contributed by atoms with Crippen LogP contribution in [-0.4, -0.2) is 40.6 Å². The number of fused-ring (bicyclic) bond motifs is 1. The molecule has 0 aromatic carbocycles. The van der Waals surface area contributed by atoms with Crippen LogP contribution in [0.25, 0.3) is 0 Å². The monoisotopic (exact) mass is 269 g/mol. The number of nitrogens with zero attached hydrogens (tertiary/aromatic N) is 1. The van der Waals surface area contributed by atoms with Crippen molar-refractivity contribution >= 4 is 5.91 Å². The Kier molecular flexibility index (Phi) is 4.48. The summed E-state index contributed by atoms with van der Waals surface area (Å²) in [4.78, 5) is 14.2. The second kappa shape index (κ2) is 5.77. The number of nitrogens with one attached hydrogen (secondary N) is 1. The van der Waals surface area contributed by atoms with Gasteiger partial charge < -0.3 is 5.11 Å². The van der Waals surface area contributed by atoms with Gasteiger partial charge in [-0.3, -0.25) is 15.1 Å². The first-order valence-corrected chi connectivity index (χ1v) is 7.45. The van der Waals surface area contributed by atoms with Crippen LogP contribution in [-0.2, 0) is 4.79 Å². The van der Waals surface area contributed by atoms with Gasteiger partial charge in [0.1, 0.15) is 0 Å². The second-order valence-electron chi connectivity index (χ2n) is 6.49. The molecule has 1 aliphatic carbocycles. The van der Waals surface area contributed by atoms with Crippen LogP contribution < -0.4 is 11.3 Å². The summed E-state index contributed by atoms with van der Waals surface area (Å²) in [5.41, 5.74) is 1.79. The number of aliphatic hydroxyl groups is 1. The third-order valence-corrected chi connectivity index (χ3v) is 4.89. The van der Waals surface area contributed by atoms with Crippen molar-refractivity contribution in [2.24, 2.45) is 17.7 Å². The van der Waals surface area contributed by atoms with Crippen LogP contribution in [0.2, 0.25) is 0 Å². The first-order valence-electron chi connectivity index (χ1n) is 7.45. The topological polar surface area (TPSA) is 78.6 Å². The molecule has 5 heteroatoms. The largest absolute Gasteiger partial charge is 0.390 e. The van der Waals surface area contributed by atoms with Gasteiger partial charge in [-0.15, -0.1) is 0 Å². The van der Waals surface area contributed by atoms with Gasteiger partial charge in [-0.1, -0.05) is 26.7 Å². The smallest absolute Gasteiger partial charge is 0.251 e. The van der Waals surface area contributed by atoms with Crippen LogP contribution in [0.15, 0.2) is 0 Å². The Labute approximate surface area is 115 Å². The van der Waals surface area contributed by atoms with Crippen LogP contribution in [0.3, 0.4) is 0 Å². The minimum atomic E-state index is -0.491. The summed E-state index contributed by atoms with van der Waals surface area (Å²) in [7, 11) is 0. The molecule has 2 fully saturated rings. The highest BCUT2D eigenvalue weighted by molar-refractivity contribution is 5.81. The zero-order chi connectivity index (χ0) is 14.0. The first kappa shape index (κ1) is 14.8. The Bertz CT molecular complexity index is 335. The van der Waals surface area contributed by atoms with Gasteiger partial charge in [-0.25, -0.2) is 5.84 Å². The summed E-state index contributed by atoms with van der Waals surface area (Å²) >= 11 is 0. The molecule has 4 N–H and O–H groups in total. The van der Waals surface area contributed by atoms with Crippen molar-refractivity contribution in [1.29, 1.82) is 0 Å². The Morgan fingerprint density at radius 2 is 2.16 bits per heavy atom. The van der Waals surface area contributed by atoms with Gasteiger partial charge >= 0.3 is 0 Å². The number of nitrogens with two attached hydrogens (primary N) is 1. The number of hydrogen-bond donors (Lipinski definition) is 3. The third kappa shape index (κ3) is 2.93. The van der Waals surface area contributed by atoms with Gasteiger partial charge in [-0.05, 0) is 25.2 Å². The highest BCUT2D eigenvalue weighted by Crippen LogP contribution is 2.40. The molecule has 0 aromatic rings. The zero-order valence-electron chi connectivity index (χ0n) is 12.1. The number of rotatable bonds is 3. The summed E-state index contributed by atoms with van der Waals surface area (Å²) in [6.07, 6.45) is 5.09. The van der Waals surface area contributed by atoms with E-state index in [1.165, 1.54) is 6.42 Å². The number of piperidine rings is 1. The standard InChI is InChI=1S/C14H27N3O2/c1-10(2)12(13(18)16-15)17-8-7-14(19)6-4-3-5-11(14)9-17/h10-12,19H,3-9,15H2,1-2H3,(H,16,18). The van der Waals surface area contributed by atoms with Gasteiger partial charge in [0, 0.05) is 19.0 Å². The fourth-order valence-electron chi connectivity index (χ4n) is 3.82. The molecule has 0 bridgehead atoms. The van der Waals surface area contributed by atoms with E-state index in [4.69, 9.17) is 5.84 Å². The van der Waals surface area contributed by atoms with Gasteiger partial charge in [0.05, 0.1) is 11.6 Å². The molecule has 1 saturated carbocycles. The number of hydrogen-bond acceptors (Lipinski definition) is 4. The summed E-state index contributed by atoms with van der Waals surface area (Å²) < 4.78 is 0. The van der Waals surface area contributed by atoms with E-state index >= 15 is 0 Å². The van der Waals surface area contributed by atoms with Crippen molar-refractivity contribution in [3.05, 3.63) is 0 Å². The second-order valence-corrected chi connectivity index (χ2v) is 6.49. The number of carbonyl (C=O) groups excluding carboxylic acids is 1. The van der Waals surface area contributed by atoms with Crippen molar-refractivity contribution < 1.29 is 9.90 Å². The summed E-state index contributed by atoms with van der Waals surface area (Å²) in [5, 5.41) is 10.7. The van der Waals surface area contributed by atoms with Gasteiger partial charge in [0.2, 0.25) is 0 Å². The molecule has 5 nitrogen and oxygen atoms in total. The first-order chi connectivity index (χ1) is 8.98. The average Bonchev–Trinajstić information content (AvgIpc) is 2.38. The zero-order valence-corrected chi connectivity index (χ0v) is 12.1. The maximum Gasteiger partial charge on any atom is 0.251 e. The van der Waals surface area contributed by atoms with E-state index in [0.29, 0.717) is 5.92 Å². The average molecular weight is 269 g/mol. The molecule has 2 aliphatic rings. The number of hydrazine groups is 1. The molecular formula is C14H27N3O2. The molecule has 0 radical (unpaired) electrons. The van der Waals surface area contributed by atoms with E-state index < -0.39 is 5.60 Å². The number of carbonyl (C=O) groups is 1. The highest BCUT2D eigenvalue weighted by atomic mass is 16.3. The van der Waals surface area contributed by atoms with Crippen molar-refractivity contribution in [3.8, 4) is 0 Å². The molecular weight excluding hydrogens is 242 g/mol. The molecule has 1 heterocycles. The normalized spacial score (nSPS) is 33.8. The lowest BCUT2D eigenvalue weighted by Crippen LogP contribution is -2.60. The predicted octanol–water partition coefficient (Wildman–Crippen LogP) is 0.628. The Morgan fingerprint density at radius 3 is 2.79 bits per heavy atom. The maximum atomic E-state index is 12.0. The predicted molar refractivity (Wildman–Crippen MR) is 74.1 cm³/mol. The molecule has 1 amide bonds. The SMILES string of the molecule is CC(C)C(C(=O)NN)N1CCC2(O)CCCCC2C1. The van der Waals surface area contributed by atoms with E-state index in [0.717, 1.165) is 38.8 Å². The van der Waals surface area contributed by atoms with E-state index in [1.54, 1.807) is 0 Å². The van der Waals surface area contributed by atoms with Gasteiger partial charge in [0.25, 0.3) is 5.91 Å². The molecule has 3 unspecified atom stereocenters. The van der Waals surface area contributed by atoms with Crippen molar-refractivity contribution in [1.82, 2.24) is 10.3 Å². The Morgan fingerprint density at radius 1 is 1.42 bits per heavy atom. The molecule has 1 aliphatic heterocycles. The number of likely N-dealkylation sites (tertiary alicyclic amines) is 1. The van der Waals surface area contributed by atoms with E-state index in [2.05, 4.69) is 10.3 Å². The minimum absolute atomic E-state index is 0.115. The third-order valence-electron chi connectivity index (χ3n) is 4.89. The van der Waals surface area contributed by atoms with Gasteiger partial charge in [-0.2, -0.15) is 0 Å².